The van der Waals surface area contributed by atoms with Crippen LogP contribution in [0, 0.1) is 11.3 Å². The summed E-state index contributed by atoms with van der Waals surface area (Å²) in [4.78, 5) is 28.4. The molecule has 188 valence electrons. The molecule has 0 bridgehead atoms. The summed E-state index contributed by atoms with van der Waals surface area (Å²) in [5.41, 5.74) is 1.98. The number of hydrogen-bond donors (Lipinski definition) is 1. The Hall–Kier alpha value is -3.94. The maximum absolute atomic E-state index is 13.7. The first-order valence-corrected chi connectivity index (χ1v) is 12.2. The highest BCUT2D eigenvalue weighted by molar-refractivity contribution is 6.62. The fourth-order valence-electron chi connectivity index (χ4n) is 4.57. The Morgan fingerprint density at radius 3 is 2.46 bits per heavy atom. The smallest absolute Gasteiger partial charge is 0.399 e. The third-order valence-electron chi connectivity index (χ3n) is 7.33. The Bertz CT molecular complexity index is 1410. The summed E-state index contributed by atoms with van der Waals surface area (Å²) in [5.74, 6) is -0.772. The molecule has 5 rings (SSSR count). The minimum Gasteiger partial charge on any atom is -0.399 e. The lowest BCUT2D eigenvalue weighted by atomic mass is 9.79. The monoisotopic (exact) mass is 497 g/mol. The lowest BCUT2D eigenvalue weighted by Gasteiger charge is -2.34. The third-order valence-corrected chi connectivity index (χ3v) is 7.33. The molecular formula is C27H28BN5O4. The standard InChI is InChI=1S/C27H28BN5O4/c1-17-16-32-23(22(15-30-32)24(34)31-20-8-6-7-18(13-20)14-29)25(35)33(17)21-11-9-19(10-12-21)28-36-26(2,3)27(4,5)37-28/h6-13,15,17H,16H2,1-5H3,(H,31,34). The molecule has 0 spiro atoms. The normalized spacial score (nSPS) is 19.9. The van der Waals surface area contributed by atoms with Gasteiger partial charge in [-0.05, 0) is 70.4 Å². The van der Waals surface area contributed by atoms with Crippen LogP contribution in [0.5, 0.6) is 0 Å². The van der Waals surface area contributed by atoms with E-state index in [1.165, 1.54) is 6.20 Å². The molecule has 2 aliphatic rings. The van der Waals surface area contributed by atoms with E-state index in [1.54, 1.807) is 33.8 Å². The first-order chi connectivity index (χ1) is 17.5. The quantitative estimate of drug-likeness (QED) is 0.554. The molecule has 2 aliphatic heterocycles. The van der Waals surface area contributed by atoms with Crippen LogP contribution in [0.25, 0.3) is 0 Å². The van der Waals surface area contributed by atoms with Crippen LogP contribution in [0.4, 0.5) is 11.4 Å². The molecule has 1 fully saturated rings. The minimum atomic E-state index is -0.496. The van der Waals surface area contributed by atoms with Crippen molar-refractivity contribution in [3.05, 3.63) is 71.5 Å². The van der Waals surface area contributed by atoms with Gasteiger partial charge in [-0.2, -0.15) is 10.4 Å². The zero-order valence-electron chi connectivity index (χ0n) is 21.5. The van der Waals surface area contributed by atoms with Gasteiger partial charge < -0.3 is 19.5 Å². The summed E-state index contributed by atoms with van der Waals surface area (Å²) < 4.78 is 13.9. The third kappa shape index (κ3) is 4.30. The lowest BCUT2D eigenvalue weighted by molar-refractivity contribution is 0.00578. The average molecular weight is 497 g/mol. The van der Waals surface area contributed by atoms with Crippen molar-refractivity contribution in [2.45, 2.75) is 58.4 Å². The molecule has 1 unspecified atom stereocenters. The van der Waals surface area contributed by atoms with E-state index in [-0.39, 0.29) is 23.2 Å². The number of nitrogens with zero attached hydrogens (tertiary/aromatic N) is 4. The molecule has 2 amide bonds. The van der Waals surface area contributed by atoms with Gasteiger partial charge in [0.15, 0.2) is 0 Å². The van der Waals surface area contributed by atoms with Crippen LogP contribution < -0.4 is 15.7 Å². The summed E-state index contributed by atoms with van der Waals surface area (Å²) in [6, 6.07) is 16.0. The van der Waals surface area contributed by atoms with Crippen molar-refractivity contribution in [3.63, 3.8) is 0 Å². The van der Waals surface area contributed by atoms with Gasteiger partial charge in [0, 0.05) is 11.4 Å². The van der Waals surface area contributed by atoms with Gasteiger partial charge in [0.2, 0.25) is 0 Å². The molecule has 10 heteroatoms. The van der Waals surface area contributed by atoms with Gasteiger partial charge in [-0.25, -0.2) is 0 Å². The SMILES string of the molecule is CC1Cn2ncc(C(=O)Nc3cccc(C#N)c3)c2C(=O)N1c1ccc(B2OC(C)(C)C(C)(C)O2)cc1. The van der Waals surface area contributed by atoms with Crippen molar-refractivity contribution in [3.8, 4) is 6.07 Å². The molecule has 1 aromatic heterocycles. The molecule has 9 nitrogen and oxygen atoms in total. The maximum Gasteiger partial charge on any atom is 0.494 e. The van der Waals surface area contributed by atoms with Crippen LogP contribution >= 0.6 is 0 Å². The van der Waals surface area contributed by atoms with Gasteiger partial charge in [0.1, 0.15) is 5.69 Å². The van der Waals surface area contributed by atoms with Crippen molar-refractivity contribution in [1.29, 1.82) is 5.26 Å². The predicted molar refractivity (Wildman–Crippen MR) is 140 cm³/mol. The fraction of sp³-hybridized carbons (Fsp3) is 0.333. The number of rotatable bonds is 4. The molecule has 3 heterocycles. The van der Waals surface area contributed by atoms with Crippen LogP contribution in [0.2, 0.25) is 0 Å². The number of carbonyl (C=O) groups excluding carboxylic acids is 2. The van der Waals surface area contributed by atoms with E-state index in [1.807, 2.05) is 65.0 Å². The number of aromatic nitrogens is 2. The summed E-state index contributed by atoms with van der Waals surface area (Å²) in [5, 5.41) is 16.2. The van der Waals surface area contributed by atoms with Crippen LogP contribution in [-0.4, -0.2) is 46.0 Å². The molecule has 37 heavy (non-hydrogen) atoms. The van der Waals surface area contributed by atoms with Crippen molar-refractivity contribution in [1.82, 2.24) is 9.78 Å². The van der Waals surface area contributed by atoms with E-state index < -0.39 is 24.2 Å². The number of fused-ring (bicyclic) bond motifs is 1. The highest BCUT2D eigenvalue weighted by atomic mass is 16.7. The van der Waals surface area contributed by atoms with E-state index in [0.29, 0.717) is 23.5 Å². The van der Waals surface area contributed by atoms with E-state index >= 15 is 0 Å². The molecule has 1 saturated heterocycles. The van der Waals surface area contributed by atoms with Gasteiger partial charge in [0.25, 0.3) is 11.8 Å². The highest BCUT2D eigenvalue weighted by Crippen LogP contribution is 2.36. The number of anilines is 2. The lowest BCUT2D eigenvalue weighted by Crippen LogP contribution is -2.47. The second kappa shape index (κ2) is 8.87. The summed E-state index contributed by atoms with van der Waals surface area (Å²) >= 11 is 0. The Balaban J connectivity index is 1.39. The van der Waals surface area contributed by atoms with E-state index in [2.05, 4.69) is 10.4 Å². The predicted octanol–water partition coefficient (Wildman–Crippen LogP) is 3.36. The summed E-state index contributed by atoms with van der Waals surface area (Å²) in [6.07, 6.45) is 1.41. The first kappa shape index (κ1) is 24.7. The van der Waals surface area contributed by atoms with Crippen molar-refractivity contribution in [2.75, 3.05) is 10.2 Å². The minimum absolute atomic E-state index is 0.175. The van der Waals surface area contributed by atoms with Crippen molar-refractivity contribution < 1.29 is 18.9 Å². The molecule has 2 aromatic carbocycles. The Morgan fingerprint density at radius 2 is 1.81 bits per heavy atom. The number of nitrogens with one attached hydrogen (secondary N) is 1. The maximum atomic E-state index is 13.7. The largest absolute Gasteiger partial charge is 0.494 e. The molecular weight excluding hydrogens is 469 g/mol. The Morgan fingerprint density at radius 1 is 1.14 bits per heavy atom. The molecule has 0 saturated carbocycles. The van der Waals surface area contributed by atoms with Crippen LogP contribution in [0.1, 0.15) is 61.0 Å². The van der Waals surface area contributed by atoms with Gasteiger partial charge in [-0.1, -0.05) is 18.2 Å². The second-order valence-corrected chi connectivity index (χ2v) is 10.4. The molecule has 0 radical (unpaired) electrons. The Labute approximate surface area is 216 Å². The van der Waals surface area contributed by atoms with E-state index in [9.17, 15) is 9.59 Å². The number of nitriles is 1. The van der Waals surface area contributed by atoms with Crippen LogP contribution in [0.15, 0.2) is 54.7 Å². The average Bonchev–Trinajstić information content (AvgIpc) is 3.37. The zero-order valence-corrected chi connectivity index (χ0v) is 21.5. The number of hydrogen-bond acceptors (Lipinski definition) is 6. The molecule has 1 atom stereocenters. The second-order valence-electron chi connectivity index (χ2n) is 10.4. The van der Waals surface area contributed by atoms with E-state index in [4.69, 9.17) is 14.6 Å². The number of amides is 2. The highest BCUT2D eigenvalue weighted by Gasteiger charge is 2.51. The van der Waals surface area contributed by atoms with Gasteiger partial charge in [-0.3, -0.25) is 14.3 Å². The Kier molecular flexibility index (Phi) is 5.93. The molecule has 0 aliphatic carbocycles. The van der Waals surface area contributed by atoms with Crippen molar-refractivity contribution in [2.24, 2.45) is 0 Å². The molecule has 1 N–H and O–H groups in total. The number of benzene rings is 2. The number of carbonyl (C=O) groups is 2. The molecule has 3 aromatic rings. The van der Waals surface area contributed by atoms with Crippen LogP contribution in [-0.2, 0) is 15.9 Å². The van der Waals surface area contributed by atoms with Gasteiger partial charge >= 0.3 is 7.12 Å². The van der Waals surface area contributed by atoms with Gasteiger partial charge in [-0.15, -0.1) is 0 Å². The first-order valence-electron chi connectivity index (χ1n) is 12.2. The summed E-state index contributed by atoms with van der Waals surface area (Å²) in [7, 11) is -0.496. The zero-order chi connectivity index (χ0) is 26.5. The van der Waals surface area contributed by atoms with E-state index in [0.717, 1.165) is 5.46 Å². The topological polar surface area (TPSA) is 109 Å². The van der Waals surface area contributed by atoms with Crippen LogP contribution in [0.3, 0.4) is 0 Å². The fourth-order valence-corrected chi connectivity index (χ4v) is 4.57. The summed E-state index contributed by atoms with van der Waals surface area (Å²) in [6.45, 7) is 10.4. The van der Waals surface area contributed by atoms with Gasteiger partial charge in [0.05, 0.1) is 47.2 Å². The van der Waals surface area contributed by atoms with Crippen molar-refractivity contribution >= 4 is 35.8 Å².